The number of carbonyl (C=O) groups excluding carboxylic acids is 1. The first kappa shape index (κ1) is 17.8. The van der Waals surface area contributed by atoms with Gasteiger partial charge in [0.1, 0.15) is 12.4 Å². The molecular weight excluding hydrogens is 378 g/mol. The van der Waals surface area contributed by atoms with Gasteiger partial charge < -0.3 is 15.2 Å². The van der Waals surface area contributed by atoms with Crippen molar-refractivity contribution in [1.82, 2.24) is 10.2 Å². The number of rotatable bonds is 6. The number of halogens is 1. The predicted octanol–water partition coefficient (Wildman–Crippen LogP) is 3.72. The fourth-order valence-electron chi connectivity index (χ4n) is 1.99. The summed E-state index contributed by atoms with van der Waals surface area (Å²) in [6.07, 6.45) is 0. The molecule has 9 heteroatoms. The van der Waals surface area contributed by atoms with E-state index in [4.69, 9.17) is 21.4 Å². The van der Waals surface area contributed by atoms with Crippen LogP contribution in [0.2, 0.25) is 5.02 Å². The van der Waals surface area contributed by atoms with Crippen LogP contribution in [-0.4, -0.2) is 27.2 Å². The Bertz CT molecular complexity index is 943. The van der Waals surface area contributed by atoms with Gasteiger partial charge >= 0.3 is 5.97 Å². The molecule has 1 amide bonds. The molecule has 3 rings (SSSR count). The van der Waals surface area contributed by atoms with E-state index in [2.05, 4.69) is 15.5 Å². The van der Waals surface area contributed by atoms with Crippen LogP contribution < -0.4 is 10.1 Å². The maximum atomic E-state index is 12.2. The summed E-state index contributed by atoms with van der Waals surface area (Å²) in [6.45, 7) is 0.120. The molecule has 1 heterocycles. The summed E-state index contributed by atoms with van der Waals surface area (Å²) in [6, 6.07) is 12.8. The first-order valence-corrected chi connectivity index (χ1v) is 8.56. The molecule has 26 heavy (non-hydrogen) atoms. The summed E-state index contributed by atoms with van der Waals surface area (Å²) in [4.78, 5) is 23.0. The number of nitrogens with one attached hydrogen (secondary N) is 1. The standard InChI is InChI=1S/C17H12ClN3O4S/c18-11-2-1-3-12(8-11)19-15(22)16-21-20-14(26-16)9-25-13-6-4-10(5-7-13)17(23)24/h1-8H,9H2,(H,19,22)(H,23,24). The fourth-order valence-corrected chi connectivity index (χ4v) is 2.83. The Kier molecular flexibility index (Phi) is 5.45. The summed E-state index contributed by atoms with van der Waals surface area (Å²) in [5, 5.41) is 20.6. The predicted molar refractivity (Wildman–Crippen MR) is 97.0 cm³/mol. The van der Waals surface area contributed by atoms with Crippen molar-refractivity contribution >= 4 is 40.5 Å². The van der Waals surface area contributed by atoms with Crippen LogP contribution in [0.25, 0.3) is 0 Å². The molecule has 0 bridgehead atoms. The van der Waals surface area contributed by atoms with Crippen molar-refractivity contribution in [3.8, 4) is 5.75 Å². The number of carboxylic acids is 1. The largest absolute Gasteiger partial charge is 0.486 e. The lowest BCUT2D eigenvalue weighted by atomic mass is 10.2. The van der Waals surface area contributed by atoms with Crippen LogP contribution in [0.4, 0.5) is 5.69 Å². The monoisotopic (exact) mass is 389 g/mol. The van der Waals surface area contributed by atoms with Gasteiger partial charge in [-0.2, -0.15) is 0 Å². The van der Waals surface area contributed by atoms with Gasteiger partial charge in [0, 0.05) is 10.7 Å². The second kappa shape index (κ2) is 7.94. The minimum Gasteiger partial charge on any atom is -0.486 e. The normalized spacial score (nSPS) is 10.3. The second-order valence-corrected chi connectivity index (χ2v) is 6.58. The summed E-state index contributed by atoms with van der Waals surface area (Å²) in [5.41, 5.74) is 0.738. The van der Waals surface area contributed by atoms with Crippen molar-refractivity contribution < 1.29 is 19.4 Å². The molecule has 1 aromatic heterocycles. The number of aromatic carboxylic acids is 1. The summed E-state index contributed by atoms with van der Waals surface area (Å²) >= 11 is 6.98. The highest BCUT2D eigenvalue weighted by atomic mass is 35.5. The number of carboxylic acid groups (broad SMARTS) is 1. The molecule has 2 aromatic carbocycles. The van der Waals surface area contributed by atoms with Crippen LogP contribution >= 0.6 is 22.9 Å². The third kappa shape index (κ3) is 4.56. The Labute approximate surface area is 157 Å². The van der Waals surface area contributed by atoms with E-state index in [1.165, 1.54) is 12.1 Å². The van der Waals surface area contributed by atoms with E-state index in [1.54, 1.807) is 36.4 Å². The Balaban J connectivity index is 1.58. The molecule has 0 aliphatic rings. The van der Waals surface area contributed by atoms with Crippen LogP contribution in [0.1, 0.15) is 25.2 Å². The smallest absolute Gasteiger partial charge is 0.335 e. The van der Waals surface area contributed by atoms with Gasteiger partial charge in [-0.25, -0.2) is 4.79 Å². The molecule has 3 aromatic rings. The van der Waals surface area contributed by atoms with E-state index < -0.39 is 5.97 Å². The number of benzene rings is 2. The average molecular weight is 390 g/mol. The molecular formula is C17H12ClN3O4S. The lowest BCUT2D eigenvalue weighted by Crippen LogP contribution is -2.11. The molecule has 0 saturated heterocycles. The third-order valence-corrected chi connectivity index (χ3v) is 4.34. The van der Waals surface area contributed by atoms with Gasteiger partial charge in [-0.3, -0.25) is 4.79 Å². The third-order valence-electron chi connectivity index (χ3n) is 3.21. The molecule has 2 N–H and O–H groups in total. The Morgan fingerprint density at radius 3 is 2.62 bits per heavy atom. The maximum Gasteiger partial charge on any atom is 0.335 e. The van der Waals surface area contributed by atoms with E-state index in [-0.39, 0.29) is 23.1 Å². The molecule has 0 fully saturated rings. The molecule has 0 aliphatic heterocycles. The highest BCUT2D eigenvalue weighted by Crippen LogP contribution is 2.19. The Morgan fingerprint density at radius 2 is 1.92 bits per heavy atom. The molecule has 0 aliphatic carbocycles. The van der Waals surface area contributed by atoms with Crippen LogP contribution in [0.3, 0.4) is 0 Å². The van der Waals surface area contributed by atoms with Crippen LogP contribution in [0.5, 0.6) is 5.75 Å². The van der Waals surface area contributed by atoms with Crippen molar-refractivity contribution in [3.63, 3.8) is 0 Å². The first-order chi connectivity index (χ1) is 12.5. The van der Waals surface area contributed by atoms with Crippen molar-refractivity contribution in [3.05, 3.63) is 69.1 Å². The number of carbonyl (C=O) groups is 2. The number of amides is 1. The van der Waals surface area contributed by atoms with Gasteiger partial charge in [0.05, 0.1) is 5.56 Å². The van der Waals surface area contributed by atoms with E-state index in [1.807, 2.05) is 0 Å². The molecule has 0 saturated carbocycles. The molecule has 132 valence electrons. The maximum absolute atomic E-state index is 12.2. The first-order valence-electron chi connectivity index (χ1n) is 7.37. The highest BCUT2D eigenvalue weighted by Gasteiger charge is 2.14. The number of anilines is 1. The van der Waals surface area contributed by atoms with Crippen molar-refractivity contribution in [1.29, 1.82) is 0 Å². The number of hydrogen-bond acceptors (Lipinski definition) is 6. The van der Waals surface area contributed by atoms with Crippen molar-refractivity contribution in [2.75, 3.05) is 5.32 Å². The zero-order valence-corrected chi connectivity index (χ0v) is 14.8. The van der Waals surface area contributed by atoms with E-state index in [0.29, 0.717) is 21.5 Å². The summed E-state index contributed by atoms with van der Waals surface area (Å²) in [5.74, 6) is -0.895. The van der Waals surface area contributed by atoms with Gasteiger partial charge in [-0.1, -0.05) is 29.0 Å². The van der Waals surface area contributed by atoms with Crippen molar-refractivity contribution in [2.45, 2.75) is 6.61 Å². The topological polar surface area (TPSA) is 101 Å². The Morgan fingerprint density at radius 1 is 1.15 bits per heavy atom. The lowest BCUT2D eigenvalue weighted by molar-refractivity contribution is 0.0696. The van der Waals surface area contributed by atoms with Gasteiger partial charge in [-0.05, 0) is 42.5 Å². The second-order valence-electron chi connectivity index (χ2n) is 5.08. The zero-order valence-electron chi connectivity index (χ0n) is 13.2. The minimum atomic E-state index is -1.00. The van der Waals surface area contributed by atoms with E-state index in [9.17, 15) is 9.59 Å². The average Bonchev–Trinajstić information content (AvgIpc) is 3.09. The quantitative estimate of drug-likeness (QED) is 0.666. The van der Waals surface area contributed by atoms with E-state index >= 15 is 0 Å². The van der Waals surface area contributed by atoms with Crippen LogP contribution in [-0.2, 0) is 6.61 Å². The van der Waals surface area contributed by atoms with Crippen LogP contribution in [0, 0.1) is 0 Å². The van der Waals surface area contributed by atoms with Gasteiger partial charge in [0.15, 0.2) is 5.01 Å². The highest BCUT2D eigenvalue weighted by molar-refractivity contribution is 7.13. The molecule has 0 unspecified atom stereocenters. The number of ether oxygens (including phenoxy) is 1. The SMILES string of the molecule is O=C(O)c1ccc(OCc2nnc(C(=O)Nc3cccc(Cl)c3)s2)cc1. The minimum absolute atomic E-state index is 0.120. The van der Waals surface area contributed by atoms with Gasteiger partial charge in [0.25, 0.3) is 5.91 Å². The summed E-state index contributed by atoms with van der Waals surface area (Å²) in [7, 11) is 0. The van der Waals surface area contributed by atoms with Gasteiger partial charge in [-0.15, -0.1) is 10.2 Å². The van der Waals surface area contributed by atoms with Crippen LogP contribution in [0.15, 0.2) is 48.5 Å². The Hall–Kier alpha value is -2.97. The molecule has 0 atom stereocenters. The number of nitrogens with zero attached hydrogens (tertiary/aromatic N) is 2. The zero-order chi connectivity index (χ0) is 18.5. The molecule has 0 radical (unpaired) electrons. The molecule has 7 nitrogen and oxygen atoms in total. The molecule has 0 spiro atoms. The van der Waals surface area contributed by atoms with Gasteiger partial charge in [0.2, 0.25) is 5.01 Å². The van der Waals surface area contributed by atoms with E-state index in [0.717, 1.165) is 11.3 Å². The fraction of sp³-hybridized carbons (Fsp3) is 0.0588. The summed E-state index contributed by atoms with van der Waals surface area (Å²) < 4.78 is 5.52. The number of aromatic nitrogens is 2. The van der Waals surface area contributed by atoms with Crippen molar-refractivity contribution in [2.24, 2.45) is 0 Å². The number of hydrogen-bond donors (Lipinski definition) is 2. The lowest BCUT2D eigenvalue weighted by Gasteiger charge is -2.03.